The predicted molar refractivity (Wildman–Crippen MR) is 87.6 cm³/mol. The molecule has 0 radical (unpaired) electrons. The molecule has 1 aromatic heterocycles. The van der Waals surface area contributed by atoms with Gasteiger partial charge in [-0.15, -0.1) is 0 Å². The van der Waals surface area contributed by atoms with Crippen LogP contribution in [0.4, 0.5) is 0 Å². The van der Waals surface area contributed by atoms with Crippen molar-refractivity contribution < 1.29 is 14.6 Å². The van der Waals surface area contributed by atoms with Gasteiger partial charge in [0.15, 0.2) is 5.69 Å². The molecule has 2 fully saturated rings. The summed E-state index contributed by atoms with van der Waals surface area (Å²) in [5, 5.41) is 17.3. The maximum absolute atomic E-state index is 13.0. The van der Waals surface area contributed by atoms with E-state index < -0.39 is 0 Å². The van der Waals surface area contributed by atoms with Crippen molar-refractivity contribution >= 4 is 5.91 Å². The maximum Gasteiger partial charge on any atom is 0.274 e. The van der Waals surface area contributed by atoms with Gasteiger partial charge in [-0.3, -0.25) is 9.89 Å². The number of amides is 1. The third kappa shape index (κ3) is 2.46. The number of likely N-dealkylation sites (tertiary alicyclic amines) is 2. The van der Waals surface area contributed by atoms with E-state index in [4.69, 9.17) is 4.74 Å². The van der Waals surface area contributed by atoms with Crippen LogP contribution in [-0.4, -0.2) is 76.9 Å². The minimum absolute atomic E-state index is 0.0106. The van der Waals surface area contributed by atoms with E-state index in [1.165, 1.54) is 0 Å². The molecule has 1 amide bonds. The standard InChI is InChI=1S/C17H26N4O3/c1-20-6-2-4-17(11-22)5-7-21(9-14(17)20)16(23)15-12-10-24-8-3-13(12)18-19-15/h14,22H,2-11H2,1H3,(H,18,19)/t14-,17-/m1/s1. The van der Waals surface area contributed by atoms with E-state index in [0.29, 0.717) is 32.0 Å². The summed E-state index contributed by atoms with van der Waals surface area (Å²) in [5.74, 6) is -0.0106. The summed E-state index contributed by atoms with van der Waals surface area (Å²) in [5.41, 5.74) is 2.40. The lowest BCUT2D eigenvalue weighted by molar-refractivity contribution is -0.0602. The van der Waals surface area contributed by atoms with Crippen LogP contribution in [0.25, 0.3) is 0 Å². The molecular formula is C17H26N4O3. The Morgan fingerprint density at radius 2 is 2.33 bits per heavy atom. The molecule has 4 rings (SSSR count). The lowest BCUT2D eigenvalue weighted by atomic mass is 9.69. The minimum atomic E-state index is -0.0576. The van der Waals surface area contributed by atoms with Crippen molar-refractivity contribution in [2.24, 2.45) is 5.41 Å². The smallest absolute Gasteiger partial charge is 0.274 e. The largest absolute Gasteiger partial charge is 0.396 e. The van der Waals surface area contributed by atoms with Crippen LogP contribution in [-0.2, 0) is 17.8 Å². The third-order valence-corrected chi connectivity index (χ3v) is 6.20. The molecule has 0 unspecified atom stereocenters. The summed E-state index contributed by atoms with van der Waals surface area (Å²) in [4.78, 5) is 17.2. The van der Waals surface area contributed by atoms with E-state index in [2.05, 4.69) is 22.1 Å². The van der Waals surface area contributed by atoms with Crippen molar-refractivity contribution in [3.05, 3.63) is 17.0 Å². The second-order valence-electron chi connectivity index (χ2n) is 7.45. The topological polar surface area (TPSA) is 81.7 Å². The summed E-state index contributed by atoms with van der Waals surface area (Å²) in [6.45, 7) is 3.73. The first kappa shape index (κ1) is 16.1. The number of carbonyl (C=O) groups excluding carboxylic acids is 1. The molecule has 0 bridgehead atoms. The Kier molecular flexibility index (Phi) is 4.10. The Bertz CT molecular complexity index is 631. The monoisotopic (exact) mass is 334 g/mol. The van der Waals surface area contributed by atoms with Gasteiger partial charge in [0.05, 0.1) is 19.8 Å². The van der Waals surface area contributed by atoms with Crippen LogP contribution in [0.3, 0.4) is 0 Å². The minimum Gasteiger partial charge on any atom is -0.396 e. The second-order valence-corrected chi connectivity index (χ2v) is 7.45. The zero-order valence-electron chi connectivity index (χ0n) is 14.3. The number of likely N-dealkylation sites (N-methyl/N-ethyl adjacent to an activating group) is 1. The van der Waals surface area contributed by atoms with Gasteiger partial charge in [-0.2, -0.15) is 5.10 Å². The van der Waals surface area contributed by atoms with Crippen molar-refractivity contribution in [3.63, 3.8) is 0 Å². The molecule has 7 heteroatoms. The number of hydrogen-bond acceptors (Lipinski definition) is 5. The summed E-state index contributed by atoms with van der Waals surface area (Å²) < 4.78 is 5.50. The van der Waals surface area contributed by atoms with Gasteiger partial charge in [-0.05, 0) is 32.9 Å². The number of nitrogens with one attached hydrogen (secondary N) is 1. The Balaban J connectivity index is 1.55. The highest BCUT2D eigenvalue weighted by molar-refractivity contribution is 5.94. The molecule has 3 aliphatic rings. The quantitative estimate of drug-likeness (QED) is 0.818. The van der Waals surface area contributed by atoms with E-state index in [1.807, 2.05) is 4.90 Å². The Labute approximate surface area is 142 Å². The van der Waals surface area contributed by atoms with Gasteiger partial charge in [0, 0.05) is 42.2 Å². The average Bonchev–Trinajstić information content (AvgIpc) is 3.05. The van der Waals surface area contributed by atoms with Gasteiger partial charge in [-0.25, -0.2) is 0 Å². The van der Waals surface area contributed by atoms with Crippen LogP contribution < -0.4 is 0 Å². The molecule has 0 spiro atoms. The van der Waals surface area contributed by atoms with Crippen LogP contribution >= 0.6 is 0 Å². The molecule has 1 aromatic rings. The number of aromatic amines is 1. The van der Waals surface area contributed by atoms with Gasteiger partial charge in [-0.1, -0.05) is 0 Å². The number of rotatable bonds is 2. The van der Waals surface area contributed by atoms with Crippen molar-refractivity contribution in [1.82, 2.24) is 20.0 Å². The van der Waals surface area contributed by atoms with E-state index in [1.54, 1.807) is 0 Å². The van der Waals surface area contributed by atoms with E-state index in [-0.39, 0.29) is 24.0 Å². The summed E-state index contributed by atoms with van der Waals surface area (Å²) in [7, 11) is 2.10. The summed E-state index contributed by atoms with van der Waals surface area (Å²) in [6, 6.07) is 0.222. The van der Waals surface area contributed by atoms with Gasteiger partial charge >= 0.3 is 0 Å². The molecule has 4 heterocycles. The average molecular weight is 334 g/mol. The Morgan fingerprint density at radius 1 is 1.46 bits per heavy atom. The highest BCUT2D eigenvalue weighted by Crippen LogP contribution is 2.41. The van der Waals surface area contributed by atoms with Gasteiger partial charge in [0.1, 0.15) is 0 Å². The van der Waals surface area contributed by atoms with Gasteiger partial charge in [0.2, 0.25) is 0 Å². The van der Waals surface area contributed by atoms with Crippen LogP contribution in [0.1, 0.15) is 41.0 Å². The molecule has 2 atom stereocenters. The van der Waals surface area contributed by atoms with E-state index in [9.17, 15) is 9.90 Å². The van der Waals surface area contributed by atoms with Crippen LogP contribution in [0, 0.1) is 5.41 Å². The normalized spacial score (nSPS) is 30.8. The molecule has 0 aromatic carbocycles. The highest BCUT2D eigenvalue weighted by atomic mass is 16.5. The lowest BCUT2D eigenvalue weighted by Crippen LogP contribution is -2.62. The van der Waals surface area contributed by atoms with Crippen LogP contribution in [0.2, 0.25) is 0 Å². The van der Waals surface area contributed by atoms with E-state index in [0.717, 1.165) is 43.5 Å². The SMILES string of the molecule is CN1CCC[C@]2(CO)CCN(C(=O)c3n[nH]c4c3COCC4)C[C@@H]12. The zero-order valence-corrected chi connectivity index (χ0v) is 14.3. The molecule has 132 valence electrons. The van der Waals surface area contributed by atoms with E-state index >= 15 is 0 Å². The molecular weight excluding hydrogens is 308 g/mol. The Morgan fingerprint density at radius 3 is 3.17 bits per heavy atom. The molecule has 7 nitrogen and oxygen atoms in total. The number of piperidine rings is 2. The highest BCUT2D eigenvalue weighted by Gasteiger charge is 2.47. The van der Waals surface area contributed by atoms with Gasteiger partial charge in [0.25, 0.3) is 5.91 Å². The van der Waals surface area contributed by atoms with Gasteiger partial charge < -0.3 is 19.6 Å². The number of fused-ring (bicyclic) bond motifs is 2. The first-order valence-corrected chi connectivity index (χ1v) is 8.89. The molecule has 3 aliphatic heterocycles. The number of aliphatic hydroxyl groups is 1. The summed E-state index contributed by atoms with van der Waals surface area (Å²) >= 11 is 0. The fraction of sp³-hybridized carbons (Fsp3) is 0.765. The molecule has 2 saturated heterocycles. The number of H-pyrrole nitrogens is 1. The van der Waals surface area contributed by atoms with Crippen molar-refractivity contribution in [3.8, 4) is 0 Å². The fourth-order valence-electron chi connectivity index (χ4n) is 4.64. The lowest BCUT2D eigenvalue weighted by Gasteiger charge is -2.53. The summed E-state index contributed by atoms with van der Waals surface area (Å²) in [6.07, 6.45) is 3.81. The number of ether oxygens (including phenoxy) is 1. The number of nitrogens with zero attached hydrogens (tertiary/aromatic N) is 3. The van der Waals surface area contributed by atoms with Crippen LogP contribution in [0.15, 0.2) is 0 Å². The first-order valence-electron chi connectivity index (χ1n) is 8.89. The molecule has 0 saturated carbocycles. The molecule has 24 heavy (non-hydrogen) atoms. The zero-order chi connectivity index (χ0) is 16.7. The van der Waals surface area contributed by atoms with Crippen molar-refractivity contribution in [2.75, 3.05) is 39.9 Å². The fourth-order valence-corrected chi connectivity index (χ4v) is 4.64. The molecule has 2 N–H and O–H groups in total. The third-order valence-electron chi connectivity index (χ3n) is 6.20. The predicted octanol–water partition coefficient (Wildman–Crippen LogP) is 0.401. The first-order chi connectivity index (χ1) is 11.6. The van der Waals surface area contributed by atoms with Crippen molar-refractivity contribution in [2.45, 2.75) is 38.3 Å². The maximum atomic E-state index is 13.0. The van der Waals surface area contributed by atoms with Crippen molar-refractivity contribution in [1.29, 1.82) is 0 Å². The number of carbonyl (C=O) groups is 1. The van der Waals surface area contributed by atoms with Crippen LogP contribution in [0.5, 0.6) is 0 Å². The second kappa shape index (κ2) is 6.13. The number of aliphatic hydroxyl groups excluding tert-OH is 1. The Hall–Kier alpha value is -1.44. The molecule has 0 aliphatic carbocycles. The number of aromatic nitrogens is 2. The number of hydrogen-bond donors (Lipinski definition) is 2.